The molecule has 252 valence electrons. The molecule has 7 rings (SSSR count). The molecule has 0 aliphatic heterocycles. The standard InChI is InChI=1S/C39H48O8/c1-4-36(40)44-17-22-8-30-27-14-29(33(16-27)34(30)10-22)20-47-39(43)25-7-5-6-24(12-25)38(42)45-18-23-9-31-26-13-28(19-46-37(41)21(2)3)32(15-26)35(31)11-23/h4-7,12,22-23,26-35H,1-2,8-11,13-20H2,3H3/t22?,23?,26?,27?,28?,29?,30-,31-,32?,33?,34-,35-/m0/s1. The highest BCUT2D eigenvalue weighted by Crippen LogP contribution is 2.63. The zero-order valence-corrected chi connectivity index (χ0v) is 27.5. The van der Waals surface area contributed by atoms with Crippen molar-refractivity contribution in [2.24, 2.45) is 71.0 Å². The van der Waals surface area contributed by atoms with Crippen molar-refractivity contribution in [1.82, 2.24) is 0 Å². The zero-order valence-electron chi connectivity index (χ0n) is 27.5. The van der Waals surface area contributed by atoms with Crippen molar-refractivity contribution >= 4 is 23.9 Å². The van der Waals surface area contributed by atoms with Crippen LogP contribution in [0, 0.1) is 71.0 Å². The van der Waals surface area contributed by atoms with Crippen LogP contribution in [0.15, 0.2) is 49.1 Å². The summed E-state index contributed by atoms with van der Waals surface area (Å²) in [6.45, 7) is 10.6. The number of fused-ring (bicyclic) bond motifs is 10. The molecule has 0 spiro atoms. The molecule has 1 aromatic carbocycles. The fourth-order valence-electron chi connectivity index (χ4n) is 11.2. The van der Waals surface area contributed by atoms with Crippen LogP contribution in [0.3, 0.4) is 0 Å². The maximum Gasteiger partial charge on any atom is 0.338 e. The van der Waals surface area contributed by atoms with E-state index >= 15 is 0 Å². The molecule has 6 fully saturated rings. The van der Waals surface area contributed by atoms with Gasteiger partial charge < -0.3 is 18.9 Å². The average Bonchev–Trinajstić information content (AvgIpc) is 3.91. The van der Waals surface area contributed by atoms with Crippen LogP contribution in [0.2, 0.25) is 0 Å². The van der Waals surface area contributed by atoms with Gasteiger partial charge in [-0.1, -0.05) is 19.2 Å². The van der Waals surface area contributed by atoms with Gasteiger partial charge in [-0.15, -0.1) is 0 Å². The molecule has 6 saturated carbocycles. The number of esters is 4. The minimum Gasteiger partial charge on any atom is -0.462 e. The van der Waals surface area contributed by atoms with Crippen molar-refractivity contribution < 1.29 is 38.1 Å². The Morgan fingerprint density at radius 1 is 0.660 bits per heavy atom. The van der Waals surface area contributed by atoms with Gasteiger partial charge >= 0.3 is 23.9 Å². The molecule has 8 heteroatoms. The average molecular weight is 645 g/mol. The van der Waals surface area contributed by atoms with Gasteiger partial charge in [0.05, 0.1) is 37.6 Å². The van der Waals surface area contributed by atoms with Crippen molar-refractivity contribution in [1.29, 1.82) is 0 Å². The molecule has 8 unspecified atom stereocenters. The maximum atomic E-state index is 13.1. The SMILES string of the molecule is C=CC(=O)OCC1C[C@@H]2C3CC(CC3COC(=O)c3cccc(C(=O)OCC4C[C@@H]5C6CC(CC6COC(=O)C(=C)C)[C@@H]5C4)c3)[C@@H]2C1. The van der Waals surface area contributed by atoms with Crippen LogP contribution in [-0.4, -0.2) is 50.3 Å². The van der Waals surface area contributed by atoms with Crippen LogP contribution in [0.5, 0.6) is 0 Å². The molecule has 0 saturated heterocycles. The van der Waals surface area contributed by atoms with E-state index in [1.807, 2.05) is 0 Å². The fraction of sp³-hybridized carbons (Fsp3) is 0.641. The number of ether oxygens (including phenoxy) is 4. The normalized spacial score (nSPS) is 37.2. The summed E-state index contributed by atoms with van der Waals surface area (Å²) >= 11 is 0. The van der Waals surface area contributed by atoms with Crippen LogP contribution in [0.25, 0.3) is 0 Å². The van der Waals surface area contributed by atoms with Crippen molar-refractivity contribution in [3.63, 3.8) is 0 Å². The Hall–Kier alpha value is -3.42. The smallest absolute Gasteiger partial charge is 0.338 e. The fourth-order valence-corrected chi connectivity index (χ4v) is 11.2. The highest BCUT2D eigenvalue weighted by molar-refractivity contribution is 5.95. The number of hydrogen-bond donors (Lipinski definition) is 0. The summed E-state index contributed by atoms with van der Waals surface area (Å²) in [6.07, 6.45) is 10.2. The highest BCUT2D eigenvalue weighted by atomic mass is 16.5. The zero-order chi connectivity index (χ0) is 32.8. The molecule has 0 N–H and O–H groups in total. The minimum atomic E-state index is -0.405. The quantitative estimate of drug-likeness (QED) is 0.145. The molecule has 47 heavy (non-hydrogen) atoms. The van der Waals surface area contributed by atoms with E-state index in [1.165, 1.54) is 18.9 Å². The van der Waals surface area contributed by atoms with Crippen LogP contribution in [0.1, 0.15) is 79.0 Å². The Labute approximate surface area is 277 Å². The molecule has 0 heterocycles. The van der Waals surface area contributed by atoms with Gasteiger partial charge in [-0.2, -0.15) is 0 Å². The summed E-state index contributed by atoms with van der Waals surface area (Å²) in [6, 6.07) is 6.69. The molecule has 1 aromatic rings. The number of hydrogen-bond acceptors (Lipinski definition) is 8. The van der Waals surface area contributed by atoms with E-state index in [4.69, 9.17) is 18.9 Å². The van der Waals surface area contributed by atoms with Gasteiger partial charge in [-0.3, -0.25) is 0 Å². The van der Waals surface area contributed by atoms with E-state index in [-0.39, 0.29) is 11.9 Å². The predicted molar refractivity (Wildman–Crippen MR) is 173 cm³/mol. The molecule has 6 aliphatic carbocycles. The molecule has 12 atom stereocenters. The van der Waals surface area contributed by atoms with Gasteiger partial charge in [0.15, 0.2) is 0 Å². The molecule has 4 bridgehead atoms. The second-order valence-electron chi connectivity index (χ2n) is 15.6. The third kappa shape index (κ3) is 6.41. The van der Waals surface area contributed by atoms with Crippen LogP contribution >= 0.6 is 0 Å². The number of benzene rings is 1. The second-order valence-corrected chi connectivity index (χ2v) is 15.6. The summed E-state index contributed by atoms with van der Waals surface area (Å²) in [7, 11) is 0. The van der Waals surface area contributed by atoms with Gasteiger partial charge in [-0.05, 0) is 148 Å². The third-order valence-corrected chi connectivity index (χ3v) is 13.0. The molecule has 0 aromatic heterocycles. The lowest BCUT2D eigenvalue weighted by molar-refractivity contribution is -0.141. The molecule has 0 radical (unpaired) electrons. The Balaban J connectivity index is 0.857. The third-order valence-electron chi connectivity index (χ3n) is 13.0. The van der Waals surface area contributed by atoms with Crippen molar-refractivity contribution in [3.8, 4) is 0 Å². The summed E-state index contributed by atoms with van der Waals surface area (Å²) in [5.74, 6) is 5.11. The molecular weight excluding hydrogens is 596 g/mol. The van der Waals surface area contributed by atoms with Gasteiger partial charge in [-0.25, -0.2) is 19.2 Å². The minimum absolute atomic E-state index is 0.304. The topological polar surface area (TPSA) is 105 Å². The predicted octanol–water partition coefficient (Wildman–Crippen LogP) is 6.45. The lowest BCUT2D eigenvalue weighted by Crippen LogP contribution is -2.28. The van der Waals surface area contributed by atoms with Crippen LogP contribution in [-0.2, 0) is 28.5 Å². The van der Waals surface area contributed by atoms with E-state index in [2.05, 4.69) is 13.2 Å². The first-order valence-corrected chi connectivity index (χ1v) is 17.7. The van der Waals surface area contributed by atoms with E-state index in [0.717, 1.165) is 38.5 Å². The van der Waals surface area contributed by atoms with Crippen molar-refractivity contribution in [2.45, 2.75) is 58.3 Å². The number of carbonyl (C=O) groups excluding carboxylic acids is 4. The molecule has 8 nitrogen and oxygen atoms in total. The molecule has 0 amide bonds. The summed E-state index contributed by atoms with van der Waals surface area (Å²) in [5, 5.41) is 0. The Kier molecular flexibility index (Phi) is 9.05. The Bertz CT molecular complexity index is 1430. The first kappa shape index (κ1) is 32.1. The van der Waals surface area contributed by atoms with E-state index in [9.17, 15) is 19.2 Å². The Morgan fingerprint density at radius 2 is 1.15 bits per heavy atom. The maximum absolute atomic E-state index is 13.1. The Morgan fingerprint density at radius 3 is 1.68 bits per heavy atom. The lowest BCUT2D eigenvalue weighted by atomic mass is 9.76. The highest BCUT2D eigenvalue weighted by Gasteiger charge is 2.57. The van der Waals surface area contributed by atoms with E-state index in [1.54, 1.807) is 31.2 Å². The largest absolute Gasteiger partial charge is 0.462 e. The number of rotatable bonds is 12. The van der Waals surface area contributed by atoms with Gasteiger partial charge in [0.1, 0.15) is 0 Å². The monoisotopic (exact) mass is 644 g/mol. The van der Waals surface area contributed by atoms with Crippen LogP contribution < -0.4 is 0 Å². The first-order chi connectivity index (χ1) is 22.7. The van der Waals surface area contributed by atoms with Gasteiger partial charge in [0.2, 0.25) is 0 Å². The van der Waals surface area contributed by atoms with E-state index < -0.39 is 11.9 Å². The summed E-state index contributed by atoms with van der Waals surface area (Å²) in [5.41, 5.74) is 1.18. The van der Waals surface area contributed by atoms with Gasteiger partial charge in [0.25, 0.3) is 0 Å². The molecular formula is C39H48O8. The summed E-state index contributed by atoms with van der Waals surface area (Å²) < 4.78 is 22.4. The number of carbonyl (C=O) groups is 4. The first-order valence-electron chi connectivity index (χ1n) is 17.7. The molecule has 6 aliphatic rings. The van der Waals surface area contributed by atoms with E-state index in [0.29, 0.717) is 114 Å². The summed E-state index contributed by atoms with van der Waals surface area (Å²) in [4.78, 5) is 49.5. The van der Waals surface area contributed by atoms with Gasteiger partial charge in [0, 0.05) is 11.6 Å². The van der Waals surface area contributed by atoms with Crippen molar-refractivity contribution in [3.05, 3.63) is 60.2 Å². The van der Waals surface area contributed by atoms with Crippen molar-refractivity contribution in [2.75, 3.05) is 26.4 Å². The van der Waals surface area contributed by atoms with Crippen LogP contribution in [0.4, 0.5) is 0 Å². The second kappa shape index (κ2) is 13.2. The lowest BCUT2D eigenvalue weighted by Gasteiger charge is -2.31.